The van der Waals surface area contributed by atoms with E-state index < -0.39 is 12.1 Å². The molecule has 0 aliphatic carbocycles. The summed E-state index contributed by atoms with van der Waals surface area (Å²) in [4.78, 5) is 22.1. The first kappa shape index (κ1) is 13.0. The second-order valence-corrected chi connectivity index (χ2v) is 3.75. The topological polar surface area (TPSA) is 113 Å². The van der Waals surface area contributed by atoms with Crippen molar-refractivity contribution in [1.29, 1.82) is 0 Å². The lowest BCUT2D eigenvalue weighted by molar-refractivity contribution is -0.117. The summed E-state index contributed by atoms with van der Waals surface area (Å²) in [6.07, 6.45) is 1.87. The zero-order valence-corrected chi connectivity index (χ0v) is 9.91. The Kier molecular flexibility index (Phi) is 4.50. The number of H-pyrrole nitrogens is 1. The minimum absolute atomic E-state index is 0.363. The SMILES string of the molecule is CCCc1cc(NC(=O)C(C)NC(N)=O)n[nH]1. The Bertz CT molecular complexity index is 401. The summed E-state index contributed by atoms with van der Waals surface area (Å²) in [5.41, 5.74) is 5.87. The van der Waals surface area contributed by atoms with E-state index in [0.29, 0.717) is 5.82 Å². The number of carbonyl (C=O) groups is 2. The van der Waals surface area contributed by atoms with Gasteiger partial charge in [-0.3, -0.25) is 9.89 Å². The highest BCUT2D eigenvalue weighted by molar-refractivity contribution is 5.95. The molecule has 0 aliphatic rings. The van der Waals surface area contributed by atoms with Gasteiger partial charge in [-0.15, -0.1) is 0 Å². The highest BCUT2D eigenvalue weighted by atomic mass is 16.2. The summed E-state index contributed by atoms with van der Waals surface area (Å²) in [5, 5.41) is 11.6. The van der Waals surface area contributed by atoms with E-state index in [1.54, 1.807) is 13.0 Å². The van der Waals surface area contributed by atoms with E-state index >= 15 is 0 Å². The molecule has 0 bridgehead atoms. The number of anilines is 1. The molecular formula is C10H17N5O2. The highest BCUT2D eigenvalue weighted by Crippen LogP contribution is 2.07. The molecule has 1 rings (SSSR count). The van der Waals surface area contributed by atoms with E-state index in [9.17, 15) is 9.59 Å². The molecule has 0 radical (unpaired) electrons. The Hall–Kier alpha value is -2.05. The number of aryl methyl sites for hydroxylation is 1. The Labute approximate surface area is 99.1 Å². The molecule has 0 fully saturated rings. The van der Waals surface area contributed by atoms with Crippen molar-refractivity contribution in [3.8, 4) is 0 Å². The molecule has 0 aromatic carbocycles. The van der Waals surface area contributed by atoms with Crippen LogP contribution in [0.1, 0.15) is 26.0 Å². The fraction of sp³-hybridized carbons (Fsp3) is 0.500. The molecule has 0 saturated carbocycles. The molecule has 5 N–H and O–H groups in total. The van der Waals surface area contributed by atoms with E-state index in [4.69, 9.17) is 5.73 Å². The number of carbonyl (C=O) groups excluding carboxylic acids is 2. The number of urea groups is 1. The first-order chi connectivity index (χ1) is 8.02. The summed E-state index contributed by atoms with van der Waals surface area (Å²) < 4.78 is 0. The quantitative estimate of drug-likeness (QED) is 0.594. The summed E-state index contributed by atoms with van der Waals surface area (Å²) in [6, 6.07) is 0.332. The van der Waals surface area contributed by atoms with Crippen LogP contribution in [-0.2, 0) is 11.2 Å². The summed E-state index contributed by atoms with van der Waals surface area (Å²) in [5.74, 6) is 0.0786. The average Bonchev–Trinajstić information content (AvgIpc) is 2.65. The number of nitrogens with two attached hydrogens (primary N) is 1. The minimum atomic E-state index is -0.735. The second kappa shape index (κ2) is 5.88. The third kappa shape index (κ3) is 4.13. The van der Waals surface area contributed by atoms with Gasteiger partial charge in [-0.05, 0) is 13.3 Å². The van der Waals surface area contributed by atoms with Gasteiger partial charge in [0.2, 0.25) is 5.91 Å². The molecule has 94 valence electrons. The van der Waals surface area contributed by atoms with Crippen LogP contribution in [0.4, 0.5) is 10.6 Å². The molecule has 17 heavy (non-hydrogen) atoms. The number of hydrogen-bond donors (Lipinski definition) is 4. The van der Waals surface area contributed by atoms with E-state index in [1.807, 2.05) is 0 Å². The maximum atomic E-state index is 11.6. The van der Waals surface area contributed by atoms with Crippen LogP contribution in [0.5, 0.6) is 0 Å². The van der Waals surface area contributed by atoms with Crippen LogP contribution in [0, 0.1) is 0 Å². The van der Waals surface area contributed by atoms with Crippen molar-refractivity contribution < 1.29 is 9.59 Å². The van der Waals surface area contributed by atoms with Crippen LogP contribution in [0.3, 0.4) is 0 Å². The van der Waals surface area contributed by atoms with E-state index in [1.165, 1.54) is 0 Å². The van der Waals surface area contributed by atoms with Crippen LogP contribution in [-0.4, -0.2) is 28.2 Å². The molecule has 1 aromatic rings. The van der Waals surface area contributed by atoms with Gasteiger partial charge in [-0.1, -0.05) is 13.3 Å². The average molecular weight is 239 g/mol. The lowest BCUT2D eigenvalue weighted by Gasteiger charge is -2.10. The van der Waals surface area contributed by atoms with Crippen molar-refractivity contribution >= 4 is 17.8 Å². The van der Waals surface area contributed by atoms with Crippen LogP contribution in [0.2, 0.25) is 0 Å². The van der Waals surface area contributed by atoms with Crippen molar-refractivity contribution in [3.63, 3.8) is 0 Å². The zero-order valence-electron chi connectivity index (χ0n) is 9.91. The molecule has 3 amide bonds. The first-order valence-electron chi connectivity index (χ1n) is 5.44. The van der Waals surface area contributed by atoms with Gasteiger partial charge in [-0.25, -0.2) is 4.79 Å². The predicted molar refractivity (Wildman–Crippen MR) is 63.4 cm³/mol. The highest BCUT2D eigenvalue weighted by Gasteiger charge is 2.15. The Morgan fingerprint density at radius 2 is 2.29 bits per heavy atom. The molecule has 1 aromatic heterocycles. The van der Waals surface area contributed by atoms with E-state index in [2.05, 4.69) is 27.8 Å². The number of nitrogens with one attached hydrogen (secondary N) is 3. The van der Waals surface area contributed by atoms with Gasteiger partial charge in [-0.2, -0.15) is 5.10 Å². The number of aromatic amines is 1. The second-order valence-electron chi connectivity index (χ2n) is 3.75. The monoisotopic (exact) mass is 239 g/mol. The van der Waals surface area contributed by atoms with E-state index in [-0.39, 0.29) is 5.91 Å². The number of hydrogen-bond acceptors (Lipinski definition) is 3. The molecular weight excluding hydrogens is 222 g/mol. The molecule has 1 atom stereocenters. The van der Waals surface area contributed by atoms with Gasteiger partial charge < -0.3 is 16.4 Å². The fourth-order valence-corrected chi connectivity index (χ4v) is 1.34. The minimum Gasteiger partial charge on any atom is -0.352 e. The van der Waals surface area contributed by atoms with Crippen LogP contribution >= 0.6 is 0 Å². The van der Waals surface area contributed by atoms with Gasteiger partial charge in [0.05, 0.1) is 0 Å². The van der Waals surface area contributed by atoms with Gasteiger partial charge in [0.25, 0.3) is 0 Å². The normalized spacial score (nSPS) is 11.9. The van der Waals surface area contributed by atoms with Crippen LogP contribution < -0.4 is 16.4 Å². The molecule has 7 nitrogen and oxygen atoms in total. The Morgan fingerprint density at radius 3 is 2.88 bits per heavy atom. The van der Waals surface area contributed by atoms with Gasteiger partial charge in [0.15, 0.2) is 5.82 Å². The van der Waals surface area contributed by atoms with Crippen molar-refractivity contribution in [2.45, 2.75) is 32.7 Å². The van der Waals surface area contributed by atoms with Gasteiger partial charge in [0, 0.05) is 11.8 Å². The van der Waals surface area contributed by atoms with E-state index in [0.717, 1.165) is 18.5 Å². The third-order valence-corrected chi connectivity index (χ3v) is 2.15. The molecule has 0 aliphatic heterocycles. The van der Waals surface area contributed by atoms with Crippen LogP contribution in [0.25, 0.3) is 0 Å². The number of aromatic nitrogens is 2. The largest absolute Gasteiger partial charge is 0.352 e. The summed E-state index contributed by atoms with van der Waals surface area (Å²) >= 11 is 0. The standard InChI is InChI=1S/C10H17N5O2/c1-3-4-7-5-8(15-14-7)13-9(16)6(2)12-10(11)17/h5-6H,3-4H2,1-2H3,(H3,11,12,17)(H2,13,14,15,16). The fourth-order valence-electron chi connectivity index (χ4n) is 1.34. The lowest BCUT2D eigenvalue weighted by atomic mass is 10.2. The zero-order chi connectivity index (χ0) is 12.8. The predicted octanol–water partition coefficient (Wildman–Crippen LogP) is 0.358. The van der Waals surface area contributed by atoms with Crippen LogP contribution in [0.15, 0.2) is 6.07 Å². The summed E-state index contributed by atoms with van der Waals surface area (Å²) in [7, 11) is 0. The number of nitrogens with zero attached hydrogens (tertiary/aromatic N) is 1. The van der Waals surface area contributed by atoms with Crippen molar-refractivity contribution in [2.24, 2.45) is 5.73 Å². The number of rotatable bonds is 5. The molecule has 0 saturated heterocycles. The Morgan fingerprint density at radius 1 is 1.59 bits per heavy atom. The maximum absolute atomic E-state index is 11.6. The van der Waals surface area contributed by atoms with Gasteiger partial charge >= 0.3 is 6.03 Å². The molecule has 0 spiro atoms. The first-order valence-corrected chi connectivity index (χ1v) is 5.44. The third-order valence-electron chi connectivity index (χ3n) is 2.15. The van der Waals surface area contributed by atoms with Gasteiger partial charge in [0.1, 0.15) is 6.04 Å². The molecule has 7 heteroatoms. The van der Waals surface area contributed by atoms with Crippen molar-refractivity contribution in [3.05, 3.63) is 11.8 Å². The lowest BCUT2D eigenvalue weighted by Crippen LogP contribution is -2.44. The Balaban J connectivity index is 2.52. The maximum Gasteiger partial charge on any atom is 0.312 e. The number of primary amides is 1. The summed E-state index contributed by atoms with van der Waals surface area (Å²) in [6.45, 7) is 3.59. The number of amides is 3. The smallest absolute Gasteiger partial charge is 0.312 e. The van der Waals surface area contributed by atoms with Crippen molar-refractivity contribution in [2.75, 3.05) is 5.32 Å². The molecule has 1 unspecified atom stereocenters. The van der Waals surface area contributed by atoms with Crippen molar-refractivity contribution in [1.82, 2.24) is 15.5 Å². The molecule has 1 heterocycles.